The Bertz CT molecular complexity index is 1170. The molecule has 0 radical (unpaired) electrons. The number of carbonyl (C=O) groups excluding carboxylic acids is 1. The van der Waals surface area contributed by atoms with Crippen molar-refractivity contribution in [2.24, 2.45) is 0 Å². The van der Waals surface area contributed by atoms with Crippen molar-refractivity contribution < 1.29 is 4.79 Å². The molecule has 0 spiro atoms. The molecule has 1 aliphatic heterocycles. The van der Waals surface area contributed by atoms with E-state index in [0.717, 1.165) is 25.1 Å². The Hall–Kier alpha value is -3.34. The van der Waals surface area contributed by atoms with Gasteiger partial charge in [0.2, 0.25) is 0 Å². The van der Waals surface area contributed by atoms with Gasteiger partial charge in [-0.1, -0.05) is 42.5 Å². The van der Waals surface area contributed by atoms with Crippen molar-refractivity contribution in [2.75, 3.05) is 6.54 Å². The maximum atomic E-state index is 13.2. The van der Waals surface area contributed by atoms with Crippen LogP contribution in [0.15, 0.2) is 66.9 Å². The number of aromatic amines is 1. The summed E-state index contributed by atoms with van der Waals surface area (Å²) in [7, 11) is 0. The molecule has 2 aromatic carbocycles. The van der Waals surface area contributed by atoms with Crippen molar-refractivity contribution >= 4 is 16.8 Å². The van der Waals surface area contributed by atoms with E-state index < -0.39 is 0 Å². The lowest BCUT2D eigenvalue weighted by Crippen LogP contribution is -2.31. The molecule has 5 rings (SSSR count). The first-order valence-electron chi connectivity index (χ1n) is 10.2. The minimum absolute atomic E-state index is 0.00983. The Balaban J connectivity index is 1.37. The predicted octanol–water partition coefficient (Wildman–Crippen LogP) is 4.70. The number of likely N-dealkylation sites (tertiary alicyclic amines) is 1. The van der Waals surface area contributed by atoms with E-state index in [1.54, 1.807) is 0 Å². The third kappa shape index (κ3) is 3.23. The molecule has 0 bridgehead atoms. The van der Waals surface area contributed by atoms with Gasteiger partial charge in [0.05, 0.1) is 18.3 Å². The van der Waals surface area contributed by atoms with Gasteiger partial charge in [0, 0.05) is 18.3 Å². The third-order valence-electron chi connectivity index (χ3n) is 5.93. The van der Waals surface area contributed by atoms with Gasteiger partial charge in [0.1, 0.15) is 5.69 Å². The fraction of sp³-hybridized carbons (Fsp3) is 0.250. The summed E-state index contributed by atoms with van der Waals surface area (Å²) in [6, 6.07) is 20.8. The van der Waals surface area contributed by atoms with Crippen LogP contribution in [0.25, 0.3) is 10.9 Å². The zero-order valence-corrected chi connectivity index (χ0v) is 16.5. The zero-order valence-electron chi connectivity index (χ0n) is 16.5. The number of fused-ring (bicyclic) bond motifs is 1. The van der Waals surface area contributed by atoms with Crippen LogP contribution in [-0.4, -0.2) is 32.1 Å². The number of rotatable bonds is 4. The van der Waals surface area contributed by atoms with E-state index in [4.69, 9.17) is 0 Å². The number of amides is 1. The van der Waals surface area contributed by atoms with Crippen molar-refractivity contribution in [3.05, 3.63) is 89.4 Å². The number of carbonyl (C=O) groups is 1. The molecule has 0 unspecified atom stereocenters. The monoisotopic (exact) mass is 384 g/mol. The Morgan fingerprint density at radius 3 is 2.86 bits per heavy atom. The van der Waals surface area contributed by atoms with Gasteiger partial charge >= 0.3 is 0 Å². The van der Waals surface area contributed by atoms with Crippen molar-refractivity contribution in [2.45, 2.75) is 32.4 Å². The highest BCUT2D eigenvalue weighted by Crippen LogP contribution is 2.34. The van der Waals surface area contributed by atoms with E-state index in [0.29, 0.717) is 12.2 Å². The molecule has 1 aliphatic rings. The lowest BCUT2D eigenvalue weighted by molar-refractivity contribution is 0.0729. The van der Waals surface area contributed by atoms with Gasteiger partial charge < -0.3 is 9.47 Å². The van der Waals surface area contributed by atoms with Crippen LogP contribution in [0.4, 0.5) is 0 Å². The first-order chi connectivity index (χ1) is 14.2. The lowest BCUT2D eigenvalue weighted by atomic mass is 9.99. The first kappa shape index (κ1) is 17.7. The summed E-state index contributed by atoms with van der Waals surface area (Å²) >= 11 is 0. The van der Waals surface area contributed by atoms with Gasteiger partial charge in [-0.2, -0.15) is 5.10 Å². The number of aryl methyl sites for hydroxylation is 1. The number of nitrogens with zero attached hydrogens (tertiary/aromatic N) is 3. The summed E-state index contributed by atoms with van der Waals surface area (Å²) in [5, 5.41) is 8.61. The quantitative estimate of drug-likeness (QED) is 0.554. The van der Waals surface area contributed by atoms with Gasteiger partial charge in [0.15, 0.2) is 0 Å². The fourth-order valence-corrected chi connectivity index (χ4v) is 4.46. The average molecular weight is 384 g/mol. The summed E-state index contributed by atoms with van der Waals surface area (Å²) in [6.07, 6.45) is 4.10. The minimum atomic E-state index is 0.00983. The topological polar surface area (TPSA) is 53.9 Å². The molecule has 1 amide bonds. The molecule has 1 N–H and O–H groups in total. The van der Waals surface area contributed by atoms with Crippen LogP contribution >= 0.6 is 0 Å². The SMILES string of the molecule is Cc1ccccc1[C@H]1CCCN1C(=O)c1cc(Cn2ccc3ccccc32)[nH]n1. The van der Waals surface area contributed by atoms with Crippen LogP contribution < -0.4 is 0 Å². The summed E-state index contributed by atoms with van der Waals surface area (Å²) in [4.78, 5) is 15.2. The second-order valence-electron chi connectivity index (χ2n) is 7.79. The van der Waals surface area contributed by atoms with Crippen LogP contribution in [0, 0.1) is 6.92 Å². The maximum Gasteiger partial charge on any atom is 0.274 e. The van der Waals surface area contributed by atoms with E-state index in [-0.39, 0.29) is 11.9 Å². The van der Waals surface area contributed by atoms with Crippen LogP contribution in [0.2, 0.25) is 0 Å². The number of para-hydroxylation sites is 1. The number of benzene rings is 2. The molecule has 1 fully saturated rings. The van der Waals surface area contributed by atoms with Gasteiger partial charge in [-0.3, -0.25) is 9.89 Å². The van der Waals surface area contributed by atoms with E-state index >= 15 is 0 Å². The highest BCUT2D eigenvalue weighted by Gasteiger charge is 2.32. The summed E-state index contributed by atoms with van der Waals surface area (Å²) < 4.78 is 2.17. The number of H-pyrrole nitrogens is 1. The lowest BCUT2D eigenvalue weighted by Gasteiger charge is -2.25. The van der Waals surface area contributed by atoms with E-state index in [9.17, 15) is 4.79 Å². The number of hydrogen-bond donors (Lipinski definition) is 1. The van der Waals surface area contributed by atoms with Crippen LogP contribution in [0.1, 0.15) is 46.2 Å². The average Bonchev–Trinajstić information content (AvgIpc) is 3.48. The Kier molecular flexibility index (Phi) is 4.43. The van der Waals surface area contributed by atoms with E-state index in [1.807, 2.05) is 29.2 Å². The van der Waals surface area contributed by atoms with Crippen LogP contribution in [-0.2, 0) is 6.54 Å². The molecule has 1 saturated heterocycles. The van der Waals surface area contributed by atoms with Crippen LogP contribution in [0.3, 0.4) is 0 Å². The highest BCUT2D eigenvalue weighted by atomic mass is 16.2. The molecule has 0 saturated carbocycles. The molecule has 2 aromatic heterocycles. The number of nitrogens with one attached hydrogen (secondary N) is 1. The molecular formula is C24H24N4O. The maximum absolute atomic E-state index is 13.2. The predicted molar refractivity (Wildman–Crippen MR) is 114 cm³/mol. The molecule has 29 heavy (non-hydrogen) atoms. The largest absolute Gasteiger partial charge is 0.341 e. The molecular weight excluding hydrogens is 360 g/mol. The second kappa shape index (κ2) is 7.24. The van der Waals surface area contributed by atoms with Gasteiger partial charge in [-0.15, -0.1) is 0 Å². The minimum Gasteiger partial charge on any atom is -0.341 e. The van der Waals surface area contributed by atoms with Crippen LogP contribution in [0.5, 0.6) is 0 Å². The second-order valence-corrected chi connectivity index (χ2v) is 7.79. The van der Waals surface area contributed by atoms with Crippen molar-refractivity contribution in [1.82, 2.24) is 19.7 Å². The van der Waals surface area contributed by atoms with Gasteiger partial charge in [0.25, 0.3) is 5.91 Å². The van der Waals surface area contributed by atoms with E-state index in [1.165, 1.54) is 22.0 Å². The van der Waals surface area contributed by atoms with Crippen molar-refractivity contribution in [3.8, 4) is 0 Å². The molecule has 5 nitrogen and oxygen atoms in total. The van der Waals surface area contributed by atoms with Gasteiger partial charge in [-0.05, 0) is 54.5 Å². The Morgan fingerprint density at radius 1 is 1.14 bits per heavy atom. The Labute approximate surface area is 170 Å². The summed E-state index contributed by atoms with van der Waals surface area (Å²) in [6.45, 7) is 3.56. The fourth-order valence-electron chi connectivity index (χ4n) is 4.46. The molecule has 3 heterocycles. The molecule has 4 aromatic rings. The third-order valence-corrected chi connectivity index (χ3v) is 5.93. The Morgan fingerprint density at radius 2 is 1.97 bits per heavy atom. The van der Waals surface area contributed by atoms with Gasteiger partial charge in [-0.25, -0.2) is 0 Å². The standard InChI is InChI=1S/C24H24N4O/c1-17-7-2-4-9-20(17)23-11-6-13-28(23)24(29)21-15-19(25-26-21)16-27-14-12-18-8-3-5-10-22(18)27/h2-5,7-10,12,14-15,23H,6,11,13,16H2,1H3,(H,25,26)/t23-/m1/s1. The summed E-state index contributed by atoms with van der Waals surface area (Å²) in [5.74, 6) is 0.00983. The molecule has 1 atom stereocenters. The normalized spacial score (nSPS) is 16.6. The van der Waals surface area contributed by atoms with E-state index in [2.05, 4.69) is 64.3 Å². The number of hydrogen-bond acceptors (Lipinski definition) is 2. The number of aromatic nitrogens is 3. The molecule has 5 heteroatoms. The molecule has 0 aliphatic carbocycles. The smallest absolute Gasteiger partial charge is 0.274 e. The zero-order chi connectivity index (χ0) is 19.8. The first-order valence-corrected chi connectivity index (χ1v) is 10.2. The van der Waals surface area contributed by atoms with Crippen molar-refractivity contribution in [1.29, 1.82) is 0 Å². The summed E-state index contributed by atoms with van der Waals surface area (Å²) in [5.41, 5.74) is 5.08. The highest BCUT2D eigenvalue weighted by molar-refractivity contribution is 5.93. The van der Waals surface area contributed by atoms with Crippen molar-refractivity contribution in [3.63, 3.8) is 0 Å². The molecule has 146 valence electrons.